The fourth-order valence-electron chi connectivity index (χ4n) is 2.41. The minimum absolute atomic E-state index is 0.194. The smallest absolute Gasteiger partial charge is 0.338 e. The summed E-state index contributed by atoms with van der Waals surface area (Å²) in [6, 6.07) is 21.5. The number of amides is 1. The molecule has 0 saturated heterocycles. The van der Waals surface area contributed by atoms with Crippen molar-refractivity contribution in [3.63, 3.8) is 0 Å². The van der Waals surface area contributed by atoms with E-state index in [1.165, 1.54) is 0 Å². The minimum Gasteiger partial charge on any atom is -0.457 e. The van der Waals surface area contributed by atoms with Gasteiger partial charge in [-0.15, -0.1) is 0 Å². The lowest BCUT2D eigenvalue weighted by Gasteiger charge is -2.08. The van der Waals surface area contributed by atoms with Gasteiger partial charge in [-0.1, -0.05) is 45.8 Å². The van der Waals surface area contributed by atoms with E-state index < -0.39 is 5.97 Å². The highest BCUT2D eigenvalue weighted by atomic mass is 79.9. The second kappa shape index (κ2) is 8.64. The summed E-state index contributed by atoms with van der Waals surface area (Å²) in [5.41, 5.74) is 3.63. The van der Waals surface area contributed by atoms with Crippen molar-refractivity contribution in [3.05, 3.63) is 99.5 Å². The lowest BCUT2D eigenvalue weighted by Crippen LogP contribution is -2.12. The summed E-state index contributed by atoms with van der Waals surface area (Å²) >= 11 is 3.37. The minimum atomic E-state index is -0.408. The van der Waals surface area contributed by atoms with E-state index in [4.69, 9.17) is 4.74 Å². The Morgan fingerprint density at radius 3 is 2.07 bits per heavy atom. The second-order valence-electron chi connectivity index (χ2n) is 6.10. The molecule has 1 N–H and O–H groups in total. The quantitative estimate of drug-likeness (QED) is 0.561. The molecular formula is C22H18BrNO3. The van der Waals surface area contributed by atoms with Crippen LogP contribution in [0.25, 0.3) is 0 Å². The Hall–Kier alpha value is -2.92. The molecule has 1 amide bonds. The van der Waals surface area contributed by atoms with Crippen LogP contribution in [0.15, 0.2) is 77.3 Å². The first-order valence-corrected chi connectivity index (χ1v) is 9.20. The number of hydrogen-bond donors (Lipinski definition) is 1. The Labute approximate surface area is 166 Å². The van der Waals surface area contributed by atoms with Gasteiger partial charge in [0.15, 0.2) is 0 Å². The van der Waals surface area contributed by atoms with Crippen molar-refractivity contribution < 1.29 is 14.3 Å². The van der Waals surface area contributed by atoms with Crippen molar-refractivity contribution in [2.45, 2.75) is 13.5 Å². The van der Waals surface area contributed by atoms with E-state index >= 15 is 0 Å². The largest absolute Gasteiger partial charge is 0.457 e. The average molecular weight is 424 g/mol. The molecular weight excluding hydrogens is 406 g/mol. The molecule has 0 atom stereocenters. The third-order valence-electron chi connectivity index (χ3n) is 3.98. The van der Waals surface area contributed by atoms with E-state index in [0.29, 0.717) is 16.8 Å². The van der Waals surface area contributed by atoms with Crippen molar-refractivity contribution in [3.8, 4) is 0 Å². The molecule has 27 heavy (non-hydrogen) atoms. The van der Waals surface area contributed by atoms with Gasteiger partial charge in [0.1, 0.15) is 6.61 Å². The molecule has 4 nitrogen and oxygen atoms in total. The molecule has 0 aliphatic heterocycles. The van der Waals surface area contributed by atoms with Gasteiger partial charge in [0.05, 0.1) is 5.56 Å². The Morgan fingerprint density at radius 2 is 1.44 bits per heavy atom. The van der Waals surface area contributed by atoms with Gasteiger partial charge in [0, 0.05) is 15.7 Å². The molecule has 0 aromatic heterocycles. The van der Waals surface area contributed by atoms with Crippen LogP contribution in [-0.2, 0) is 11.3 Å². The molecule has 5 heteroatoms. The summed E-state index contributed by atoms with van der Waals surface area (Å²) in [7, 11) is 0. The molecule has 3 aromatic carbocycles. The van der Waals surface area contributed by atoms with Crippen molar-refractivity contribution >= 4 is 33.5 Å². The van der Waals surface area contributed by atoms with Crippen LogP contribution in [0.5, 0.6) is 0 Å². The van der Waals surface area contributed by atoms with Crippen molar-refractivity contribution in [1.29, 1.82) is 0 Å². The number of rotatable bonds is 5. The molecule has 0 fully saturated rings. The standard InChI is InChI=1S/C22H18BrNO3/c1-15-2-6-17(7-3-15)21(25)24-20-12-8-18(9-13-20)22(26)27-14-16-4-10-19(23)11-5-16/h2-13H,14H2,1H3,(H,24,25). The molecule has 136 valence electrons. The number of ether oxygens (including phenoxy) is 1. The normalized spacial score (nSPS) is 10.3. The van der Waals surface area contributed by atoms with Crippen molar-refractivity contribution in [2.75, 3.05) is 5.32 Å². The highest BCUT2D eigenvalue weighted by Gasteiger charge is 2.09. The number of halogens is 1. The van der Waals surface area contributed by atoms with Crippen molar-refractivity contribution in [2.24, 2.45) is 0 Å². The highest BCUT2D eigenvalue weighted by Crippen LogP contribution is 2.15. The maximum atomic E-state index is 12.2. The number of hydrogen-bond acceptors (Lipinski definition) is 3. The van der Waals surface area contributed by atoms with Crippen LogP contribution >= 0.6 is 15.9 Å². The van der Waals surface area contributed by atoms with Gasteiger partial charge in [-0.25, -0.2) is 4.79 Å². The summed E-state index contributed by atoms with van der Waals surface area (Å²) in [5, 5.41) is 2.81. The van der Waals surface area contributed by atoms with Gasteiger partial charge in [-0.05, 0) is 61.0 Å². The Kier molecular flexibility index (Phi) is 6.04. The molecule has 0 aliphatic carbocycles. The molecule has 0 saturated carbocycles. The van der Waals surface area contributed by atoms with Crippen LogP contribution in [-0.4, -0.2) is 11.9 Å². The first-order chi connectivity index (χ1) is 13.0. The molecule has 3 rings (SSSR count). The van der Waals surface area contributed by atoms with E-state index in [2.05, 4.69) is 21.2 Å². The van der Waals surface area contributed by atoms with Crippen LogP contribution in [0.2, 0.25) is 0 Å². The van der Waals surface area contributed by atoms with Gasteiger partial charge in [0.2, 0.25) is 0 Å². The Bertz CT molecular complexity index is 933. The molecule has 0 bridgehead atoms. The number of nitrogens with one attached hydrogen (secondary N) is 1. The zero-order valence-corrected chi connectivity index (χ0v) is 16.3. The van der Waals surface area contributed by atoms with Gasteiger partial charge in [-0.3, -0.25) is 4.79 Å². The zero-order chi connectivity index (χ0) is 19.2. The SMILES string of the molecule is Cc1ccc(C(=O)Nc2ccc(C(=O)OCc3ccc(Br)cc3)cc2)cc1. The van der Waals surface area contributed by atoms with Crippen LogP contribution in [0, 0.1) is 6.92 Å². The number of carbonyl (C=O) groups excluding carboxylic acids is 2. The Balaban J connectivity index is 1.57. The van der Waals surface area contributed by atoms with Crippen LogP contribution in [0.1, 0.15) is 31.8 Å². The maximum absolute atomic E-state index is 12.2. The summed E-state index contributed by atoms with van der Waals surface area (Å²) in [5.74, 6) is -0.602. The van der Waals surface area contributed by atoms with Crippen LogP contribution < -0.4 is 5.32 Å². The summed E-state index contributed by atoms with van der Waals surface area (Å²) < 4.78 is 6.29. The predicted octanol–water partition coefficient (Wildman–Crippen LogP) is 5.37. The van der Waals surface area contributed by atoms with Gasteiger partial charge in [-0.2, -0.15) is 0 Å². The van der Waals surface area contributed by atoms with E-state index in [1.54, 1.807) is 36.4 Å². The Morgan fingerprint density at radius 1 is 0.852 bits per heavy atom. The summed E-state index contributed by atoms with van der Waals surface area (Å²) in [6.45, 7) is 2.17. The van der Waals surface area contributed by atoms with Crippen LogP contribution in [0.3, 0.4) is 0 Å². The molecule has 3 aromatic rings. The van der Waals surface area contributed by atoms with E-state index in [-0.39, 0.29) is 12.5 Å². The number of esters is 1. The fourth-order valence-corrected chi connectivity index (χ4v) is 2.68. The number of benzene rings is 3. The number of anilines is 1. The fraction of sp³-hybridized carbons (Fsp3) is 0.0909. The zero-order valence-electron chi connectivity index (χ0n) is 14.7. The average Bonchev–Trinajstić information content (AvgIpc) is 2.68. The lowest BCUT2D eigenvalue weighted by molar-refractivity contribution is 0.0472. The van der Waals surface area contributed by atoms with E-state index in [9.17, 15) is 9.59 Å². The first kappa shape index (κ1) is 18.9. The molecule has 0 unspecified atom stereocenters. The van der Waals surface area contributed by atoms with Gasteiger partial charge < -0.3 is 10.1 Å². The highest BCUT2D eigenvalue weighted by molar-refractivity contribution is 9.10. The molecule has 0 heterocycles. The molecule has 0 aliphatic rings. The summed E-state index contributed by atoms with van der Waals surface area (Å²) in [6.07, 6.45) is 0. The van der Waals surface area contributed by atoms with E-state index in [0.717, 1.165) is 15.6 Å². The predicted molar refractivity (Wildman–Crippen MR) is 109 cm³/mol. The lowest BCUT2D eigenvalue weighted by atomic mass is 10.1. The monoisotopic (exact) mass is 423 g/mol. The van der Waals surface area contributed by atoms with Crippen molar-refractivity contribution in [1.82, 2.24) is 0 Å². The summed E-state index contributed by atoms with van der Waals surface area (Å²) in [4.78, 5) is 24.4. The third-order valence-corrected chi connectivity index (χ3v) is 4.50. The van der Waals surface area contributed by atoms with E-state index in [1.807, 2.05) is 43.3 Å². The van der Waals surface area contributed by atoms with Crippen LogP contribution in [0.4, 0.5) is 5.69 Å². The molecule has 0 spiro atoms. The number of carbonyl (C=O) groups is 2. The third kappa shape index (κ3) is 5.28. The van der Waals surface area contributed by atoms with Gasteiger partial charge in [0.25, 0.3) is 5.91 Å². The second-order valence-corrected chi connectivity index (χ2v) is 7.02. The topological polar surface area (TPSA) is 55.4 Å². The number of aryl methyl sites for hydroxylation is 1. The first-order valence-electron chi connectivity index (χ1n) is 8.41. The van der Waals surface area contributed by atoms with Gasteiger partial charge >= 0.3 is 5.97 Å². The maximum Gasteiger partial charge on any atom is 0.338 e. The molecule has 0 radical (unpaired) electrons.